The van der Waals surface area contributed by atoms with E-state index in [0.29, 0.717) is 23.8 Å². The Morgan fingerprint density at radius 1 is 1.36 bits per heavy atom. The van der Waals surface area contributed by atoms with Gasteiger partial charge in [0.2, 0.25) is 11.8 Å². The Hall–Kier alpha value is -2.14. The lowest BCUT2D eigenvalue weighted by atomic mass is 10.1. The van der Waals surface area contributed by atoms with E-state index in [-0.39, 0.29) is 25.0 Å². The topological polar surface area (TPSA) is 75.4 Å². The summed E-state index contributed by atoms with van der Waals surface area (Å²) in [7, 11) is 0. The van der Waals surface area contributed by atoms with Gasteiger partial charge < -0.3 is 14.8 Å². The Morgan fingerprint density at radius 3 is 2.77 bits per heavy atom. The summed E-state index contributed by atoms with van der Waals surface area (Å²) in [5, 5.41) is 11.7. The third-order valence-electron chi connectivity index (χ3n) is 3.44. The molecule has 1 aromatic carbocycles. The van der Waals surface area contributed by atoms with Gasteiger partial charge in [0.1, 0.15) is 5.76 Å². The van der Waals surface area contributed by atoms with Crippen LogP contribution in [0.5, 0.6) is 0 Å². The number of hydrogen-bond donors (Lipinski definition) is 2. The van der Waals surface area contributed by atoms with E-state index < -0.39 is 0 Å². The van der Waals surface area contributed by atoms with Crippen molar-refractivity contribution in [3.05, 3.63) is 41.8 Å². The van der Waals surface area contributed by atoms with Crippen molar-refractivity contribution in [2.45, 2.75) is 39.2 Å². The highest BCUT2D eigenvalue weighted by molar-refractivity contribution is 5.78. The van der Waals surface area contributed by atoms with Gasteiger partial charge in [0.05, 0.1) is 12.1 Å². The molecule has 2 N–H and O–H groups in total. The molecule has 0 spiro atoms. The number of hydrogen-bond acceptors (Lipinski definition) is 4. The number of aryl methyl sites for hydroxylation is 1. The van der Waals surface area contributed by atoms with Gasteiger partial charge in [-0.25, -0.2) is 4.98 Å². The third kappa shape index (κ3) is 4.43. The number of nitrogens with one attached hydrogen (secondary N) is 1. The average Bonchev–Trinajstić information content (AvgIpc) is 2.87. The predicted octanol–water partition coefficient (Wildman–Crippen LogP) is 2.47. The van der Waals surface area contributed by atoms with Crippen molar-refractivity contribution in [2.24, 2.45) is 0 Å². The Morgan fingerprint density at radius 2 is 2.09 bits per heavy atom. The molecule has 5 heteroatoms. The summed E-state index contributed by atoms with van der Waals surface area (Å²) in [6.07, 6.45) is 1.64. The molecule has 2 aromatic rings. The summed E-state index contributed by atoms with van der Waals surface area (Å²) < 4.78 is 5.65. The van der Waals surface area contributed by atoms with E-state index in [1.807, 2.05) is 44.2 Å². The number of aliphatic hydroxyl groups is 1. The van der Waals surface area contributed by atoms with Crippen LogP contribution >= 0.6 is 0 Å². The van der Waals surface area contributed by atoms with Crippen LogP contribution in [0.25, 0.3) is 11.5 Å². The lowest BCUT2D eigenvalue weighted by molar-refractivity contribution is -0.121. The van der Waals surface area contributed by atoms with Gasteiger partial charge >= 0.3 is 0 Å². The molecule has 0 aliphatic heterocycles. The zero-order valence-corrected chi connectivity index (χ0v) is 13.0. The Bertz CT molecular complexity index is 608. The van der Waals surface area contributed by atoms with Crippen molar-refractivity contribution in [3.8, 4) is 11.5 Å². The molecule has 1 heterocycles. The second-order valence-electron chi connectivity index (χ2n) is 5.40. The summed E-state index contributed by atoms with van der Waals surface area (Å²) in [5.74, 6) is 1.12. The van der Waals surface area contributed by atoms with Crippen LogP contribution in [-0.4, -0.2) is 28.6 Å². The Labute approximate surface area is 130 Å². The van der Waals surface area contributed by atoms with Crippen molar-refractivity contribution >= 4 is 5.91 Å². The van der Waals surface area contributed by atoms with E-state index in [4.69, 9.17) is 9.52 Å². The summed E-state index contributed by atoms with van der Waals surface area (Å²) in [6, 6.07) is 9.66. The van der Waals surface area contributed by atoms with Crippen LogP contribution in [-0.2, 0) is 11.2 Å². The van der Waals surface area contributed by atoms with Crippen molar-refractivity contribution in [1.82, 2.24) is 10.3 Å². The molecule has 1 amide bonds. The molecule has 1 aromatic heterocycles. The van der Waals surface area contributed by atoms with Gasteiger partial charge in [-0.15, -0.1) is 0 Å². The molecule has 118 valence electrons. The minimum atomic E-state index is -0.0820. The second kappa shape index (κ2) is 7.75. The molecular formula is C17H22N2O3. The molecule has 0 radical (unpaired) electrons. The zero-order chi connectivity index (χ0) is 15.9. The summed E-state index contributed by atoms with van der Waals surface area (Å²) in [5.41, 5.74) is 1.55. The standard InChI is InChI=1S/C17H22N2O3/c1-12(7-6-10-20)18-16(21)11-15-13(2)22-17(19-15)14-8-4-3-5-9-14/h3-5,8-9,12,20H,6-7,10-11H2,1-2H3,(H,18,21)/t12-/m1/s1. The molecule has 1 atom stereocenters. The molecule has 0 bridgehead atoms. The van der Waals surface area contributed by atoms with Crippen LogP contribution < -0.4 is 5.32 Å². The summed E-state index contributed by atoms with van der Waals surface area (Å²) >= 11 is 0. The molecule has 2 rings (SSSR count). The molecule has 22 heavy (non-hydrogen) atoms. The summed E-state index contributed by atoms with van der Waals surface area (Å²) in [6.45, 7) is 3.89. The molecule has 0 aliphatic rings. The fourth-order valence-corrected chi connectivity index (χ4v) is 2.24. The average molecular weight is 302 g/mol. The predicted molar refractivity (Wildman–Crippen MR) is 84.3 cm³/mol. The highest BCUT2D eigenvalue weighted by atomic mass is 16.4. The Kier molecular flexibility index (Phi) is 5.72. The summed E-state index contributed by atoms with van der Waals surface area (Å²) in [4.78, 5) is 16.5. The first-order chi connectivity index (χ1) is 10.6. The number of amides is 1. The monoisotopic (exact) mass is 302 g/mol. The molecular weight excluding hydrogens is 280 g/mol. The SMILES string of the molecule is Cc1oc(-c2ccccc2)nc1CC(=O)N[C@H](C)CCCO. The molecule has 0 fully saturated rings. The van der Waals surface area contributed by atoms with Crippen molar-refractivity contribution in [1.29, 1.82) is 0 Å². The van der Waals surface area contributed by atoms with Gasteiger partial charge in [-0.1, -0.05) is 18.2 Å². The van der Waals surface area contributed by atoms with Crippen LogP contribution in [0, 0.1) is 6.92 Å². The number of carbonyl (C=O) groups is 1. The van der Waals surface area contributed by atoms with Gasteiger partial charge in [-0.2, -0.15) is 0 Å². The lowest BCUT2D eigenvalue weighted by Crippen LogP contribution is -2.34. The first-order valence-electron chi connectivity index (χ1n) is 7.52. The van der Waals surface area contributed by atoms with E-state index in [9.17, 15) is 4.79 Å². The van der Waals surface area contributed by atoms with Crippen LogP contribution in [0.3, 0.4) is 0 Å². The van der Waals surface area contributed by atoms with E-state index in [2.05, 4.69) is 10.3 Å². The maximum absolute atomic E-state index is 12.0. The van der Waals surface area contributed by atoms with Gasteiger partial charge in [0.15, 0.2) is 0 Å². The third-order valence-corrected chi connectivity index (χ3v) is 3.44. The first-order valence-corrected chi connectivity index (χ1v) is 7.52. The maximum Gasteiger partial charge on any atom is 0.226 e. The normalized spacial score (nSPS) is 12.1. The second-order valence-corrected chi connectivity index (χ2v) is 5.40. The largest absolute Gasteiger partial charge is 0.441 e. The van der Waals surface area contributed by atoms with Crippen LogP contribution in [0.2, 0.25) is 0 Å². The van der Waals surface area contributed by atoms with E-state index in [1.165, 1.54) is 0 Å². The van der Waals surface area contributed by atoms with Crippen LogP contribution in [0.15, 0.2) is 34.7 Å². The van der Waals surface area contributed by atoms with Crippen molar-refractivity contribution < 1.29 is 14.3 Å². The lowest BCUT2D eigenvalue weighted by Gasteiger charge is -2.12. The molecule has 5 nitrogen and oxygen atoms in total. The van der Waals surface area contributed by atoms with E-state index in [0.717, 1.165) is 12.0 Å². The van der Waals surface area contributed by atoms with E-state index in [1.54, 1.807) is 0 Å². The molecule has 0 unspecified atom stereocenters. The highest BCUT2D eigenvalue weighted by Gasteiger charge is 2.15. The minimum Gasteiger partial charge on any atom is -0.441 e. The quantitative estimate of drug-likeness (QED) is 0.824. The zero-order valence-electron chi connectivity index (χ0n) is 13.0. The number of aromatic nitrogens is 1. The highest BCUT2D eigenvalue weighted by Crippen LogP contribution is 2.21. The number of oxazole rings is 1. The molecule has 0 aliphatic carbocycles. The fraction of sp³-hybridized carbons (Fsp3) is 0.412. The first kappa shape index (κ1) is 16.2. The van der Waals surface area contributed by atoms with Gasteiger partial charge in [-0.05, 0) is 38.8 Å². The Balaban J connectivity index is 1.98. The van der Waals surface area contributed by atoms with Crippen molar-refractivity contribution in [2.75, 3.05) is 6.61 Å². The van der Waals surface area contributed by atoms with Gasteiger partial charge in [0, 0.05) is 18.2 Å². The smallest absolute Gasteiger partial charge is 0.226 e. The number of benzene rings is 1. The molecule has 0 saturated carbocycles. The van der Waals surface area contributed by atoms with Crippen LogP contribution in [0.4, 0.5) is 0 Å². The van der Waals surface area contributed by atoms with Crippen LogP contribution in [0.1, 0.15) is 31.2 Å². The molecule has 0 saturated heterocycles. The van der Waals surface area contributed by atoms with Crippen molar-refractivity contribution in [3.63, 3.8) is 0 Å². The van der Waals surface area contributed by atoms with Gasteiger partial charge in [-0.3, -0.25) is 4.79 Å². The number of carbonyl (C=O) groups excluding carboxylic acids is 1. The van der Waals surface area contributed by atoms with Gasteiger partial charge in [0.25, 0.3) is 0 Å². The maximum atomic E-state index is 12.0. The number of rotatable bonds is 7. The van der Waals surface area contributed by atoms with E-state index >= 15 is 0 Å². The fourth-order valence-electron chi connectivity index (χ4n) is 2.24. The number of aliphatic hydroxyl groups excluding tert-OH is 1. The number of nitrogens with zero attached hydrogens (tertiary/aromatic N) is 1. The minimum absolute atomic E-state index is 0.0421.